The highest BCUT2D eigenvalue weighted by atomic mass is 32.2. The summed E-state index contributed by atoms with van der Waals surface area (Å²) in [5, 5.41) is 7.76. The van der Waals surface area contributed by atoms with Crippen molar-refractivity contribution in [1.82, 2.24) is 20.0 Å². The van der Waals surface area contributed by atoms with Crippen LogP contribution in [0.4, 0.5) is 0 Å². The molecule has 1 aromatic heterocycles. The average Bonchev–Trinajstić information content (AvgIpc) is 3.43. The van der Waals surface area contributed by atoms with Crippen LogP contribution in [0.25, 0.3) is 5.69 Å². The second-order valence-electron chi connectivity index (χ2n) is 9.20. The molecule has 0 spiro atoms. The number of amides is 1. The smallest absolute Gasteiger partial charge is 0.272 e. The molecule has 5 rings (SSSR count). The third-order valence-electron chi connectivity index (χ3n) is 6.92. The topological polar surface area (TPSA) is 84.3 Å². The van der Waals surface area contributed by atoms with Crippen LogP contribution in [0.1, 0.15) is 53.0 Å². The SMILES string of the molecule is Cc1ccc(-n2nc(C(=O)NC3CS(=O)(=O)CC3N3CCCCC3)c3c2CCC3)cc1. The molecule has 0 saturated carbocycles. The van der Waals surface area contributed by atoms with E-state index >= 15 is 0 Å². The highest BCUT2D eigenvalue weighted by molar-refractivity contribution is 7.91. The number of aromatic nitrogens is 2. The Morgan fingerprint density at radius 3 is 2.52 bits per heavy atom. The summed E-state index contributed by atoms with van der Waals surface area (Å²) in [6.07, 6.45) is 6.11. The summed E-state index contributed by atoms with van der Waals surface area (Å²) in [5.41, 5.74) is 4.69. The van der Waals surface area contributed by atoms with E-state index in [1.165, 1.54) is 12.0 Å². The van der Waals surface area contributed by atoms with E-state index in [9.17, 15) is 13.2 Å². The number of fused-ring (bicyclic) bond motifs is 1. The van der Waals surface area contributed by atoms with Crippen molar-refractivity contribution < 1.29 is 13.2 Å². The zero-order chi connectivity index (χ0) is 21.6. The molecule has 2 aliphatic heterocycles. The number of carbonyl (C=O) groups is 1. The predicted molar refractivity (Wildman–Crippen MR) is 119 cm³/mol. The lowest BCUT2D eigenvalue weighted by Crippen LogP contribution is -2.52. The summed E-state index contributed by atoms with van der Waals surface area (Å²) < 4.78 is 26.7. The van der Waals surface area contributed by atoms with Gasteiger partial charge in [-0.1, -0.05) is 24.1 Å². The molecule has 2 aromatic rings. The lowest BCUT2D eigenvalue weighted by molar-refractivity contribution is 0.0893. The summed E-state index contributed by atoms with van der Waals surface area (Å²) in [5.74, 6) is -0.0950. The van der Waals surface area contributed by atoms with Gasteiger partial charge in [-0.05, 0) is 64.3 Å². The Bertz CT molecular complexity index is 1080. The Morgan fingerprint density at radius 1 is 1.03 bits per heavy atom. The molecule has 2 atom stereocenters. The predicted octanol–water partition coefficient (Wildman–Crippen LogP) is 2.05. The third kappa shape index (κ3) is 4.03. The molecular formula is C23H30N4O3S. The van der Waals surface area contributed by atoms with Crippen molar-refractivity contribution in [3.05, 3.63) is 46.8 Å². The van der Waals surface area contributed by atoms with E-state index in [-0.39, 0.29) is 29.5 Å². The lowest BCUT2D eigenvalue weighted by Gasteiger charge is -2.34. The highest BCUT2D eigenvalue weighted by Crippen LogP contribution is 2.29. The first kappa shape index (κ1) is 20.7. The molecule has 2 fully saturated rings. The molecule has 3 aliphatic rings. The summed E-state index contributed by atoms with van der Waals surface area (Å²) in [4.78, 5) is 15.6. The highest BCUT2D eigenvalue weighted by Gasteiger charge is 2.42. The molecule has 0 bridgehead atoms. The van der Waals surface area contributed by atoms with E-state index in [4.69, 9.17) is 0 Å². The van der Waals surface area contributed by atoms with Gasteiger partial charge in [0, 0.05) is 17.3 Å². The van der Waals surface area contributed by atoms with E-state index in [1.54, 1.807) is 0 Å². The minimum atomic E-state index is -3.16. The van der Waals surface area contributed by atoms with Crippen LogP contribution in [0.3, 0.4) is 0 Å². The van der Waals surface area contributed by atoms with Crippen LogP contribution in [0.5, 0.6) is 0 Å². The number of hydrogen-bond donors (Lipinski definition) is 1. The second-order valence-corrected chi connectivity index (χ2v) is 11.3. The zero-order valence-corrected chi connectivity index (χ0v) is 18.8. The van der Waals surface area contributed by atoms with E-state index in [1.807, 2.05) is 35.9 Å². The van der Waals surface area contributed by atoms with Gasteiger partial charge in [-0.3, -0.25) is 9.69 Å². The summed E-state index contributed by atoms with van der Waals surface area (Å²) >= 11 is 0. The molecule has 1 N–H and O–H groups in total. The van der Waals surface area contributed by atoms with Crippen molar-refractivity contribution in [3.63, 3.8) is 0 Å². The molecular weight excluding hydrogens is 412 g/mol. The van der Waals surface area contributed by atoms with Crippen molar-refractivity contribution in [3.8, 4) is 5.69 Å². The maximum atomic E-state index is 13.3. The number of hydrogen-bond acceptors (Lipinski definition) is 5. The van der Waals surface area contributed by atoms with Crippen LogP contribution in [-0.2, 0) is 22.7 Å². The van der Waals surface area contributed by atoms with Gasteiger partial charge < -0.3 is 5.32 Å². The Labute approximate surface area is 183 Å². The van der Waals surface area contributed by atoms with Crippen molar-refractivity contribution in [2.75, 3.05) is 24.6 Å². The molecule has 2 saturated heterocycles. The van der Waals surface area contributed by atoms with Gasteiger partial charge in [-0.15, -0.1) is 0 Å². The van der Waals surface area contributed by atoms with Gasteiger partial charge in [0.1, 0.15) is 0 Å². The Hall–Kier alpha value is -2.19. The van der Waals surface area contributed by atoms with Crippen LogP contribution in [0, 0.1) is 6.92 Å². The monoisotopic (exact) mass is 442 g/mol. The molecule has 1 amide bonds. The van der Waals surface area contributed by atoms with E-state index in [2.05, 4.69) is 15.3 Å². The molecule has 1 aromatic carbocycles. The largest absolute Gasteiger partial charge is 0.345 e. The van der Waals surface area contributed by atoms with Crippen LogP contribution in [0.2, 0.25) is 0 Å². The standard InChI is InChI=1S/C23H30N4O3S/c1-16-8-10-17(11-9-16)27-20-7-5-6-18(20)22(25-27)23(28)24-19-14-31(29,30)15-21(19)26-12-3-2-4-13-26/h8-11,19,21H,2-7,12-15H2,1H3,(H,24,28). The number of nitrogens with zero attached hydrogens (tertiary/aromatic N) is 3. The molecule has 3 heterocycles. The van der Waals surface area contributed by atoms with Crippen LogP contribution in [0.15, 0.2) is 24.3 Å². The quantitative estimate of drug-likeness (QED) is 0.784. The zero-order valence-electron chi connectivity index (χ0n) is 18.0. The molecule has 2 unspecified atom stereocenters. The Kier molecular flexibility index (Phi) is 5.38. The summed E-state index contributed by atoms with van der Waals surface area (Å²) in [6.45, 7) is 3.86. The van der Waals surface area contributed by atoms with E-state index < -0.39 is 9.84 Å². The number of piperidine rings is 1. The molecule has 166 valence electrons. The van der Waals surface area contributed by atoms with Crippen molar-refractivity contribution in [2.45, 2.75) is 57.5 Å². The van der Waals surface area contributed by atoms with Crippen molar-refractivity contribution in [1.29, 1.82) is 0 Å². The van der Waals surface area contributed by atoms with Gasteiger partial charge in [-0.25, -0.2) is 13.1 Å². The lowest BCUT2D eigenvalue weighted by atomic mass is 10.0. The Balaban J connectivity index is 1.41. The number of aryl methyl sites for hydroxylation is 1. The average molecular weight is 443 g/mol. The number of rotatable bonds is 4. The first-order valence-corrected chi connectivity index (χ1v) is 13.2. The van der Waals surface area contributed by atoms with Gasteiger partial charge >= 0.3 is 0 Å². The summed E-state index contributed by atoms with van der Waals surface area (Å²) in [7, 11) is -3.16. The molecule has 0 radical (unpaired) electrons. The van der Waals surface area contributed by atoms with Gasteiger partial charge in [0.25, 0.3) is 5.91 Å². The minimum absolute atomic E-state index is 0.0147. The van der Waals surface area contributed by atoms with Crippen molar-refractivity contribution >= 4 is 15.7 Å². The number of nitrogens with one attached hydrogen (secondary N) is 1. The fourth-order valence-electron chi connectivity index (χ4n) is 5.33. The van der Waals surface area contributed by atoms with Gasteiger partial charge in [-0.2, -0.15) is 5.10 Å². The normalized spacial score (nSPS) is 25.5. The maximum absolute atomic E-state index is 13.3. The molecule has 7 nitrogen and oxygen atoms in total. The number of benzene rings is 1. The number of sulfone groups is 1. The van der Waals surface area contributed by atoms with Crippen LogP contribution in [-0.4, -0.2) is 65.7 Å². The number of likely N-dealkylation sites (tertiary alicyclic amines) is 1. The van der Waals surface area contributed by atoms with Gasteiger partial charge in [0.05, 0.1) is 23.2 Å². The molecule has 8 heteroatoms. The van der Waals surface area contributed by atoms with Gasteiger partial charge in [0.15, 0.2) is 15.5 Å². The first-order valence-electron chi connectivity index (χ1n) is 11.3. The fourth-order valence-corrected chi connectivity index (χ4v) is 7.29. The molecule has 1 aliphatic carbocycles. The maximum Gasteiger partial charge on any atom is 0.272 e. The van der Waals surface area contributed by atoms with Crippen molar-refractivity contribution in [2.24, 2.45) is 0 Å². The fraction of sp³-hybridized carbons (Fsp3) is 0.565. The van der Waals surface area contributed by atoms with Gasteiger partial charge in [0.2, 0.25) is 0 Å². The third-order valence-corrected chi connectivity index (χ3v) is 8.64. The van der Waals surface area contributed by atoms with Crippen LogP contribution < -0.4 is 5.32 Å². The minimum Gasteiger partial charge on any atom is -0.345 e. The summed E-state index contributed by atoms with van der Waals surface area (Å²) in [6, 6.07) is 7.63. The number of carbonyl (C=O) groups excluding carboxylic acids is 1. The second kappa shape index (κ2) is 8.06. The van der Waals surface area contributed by atoms with Crippen LogP contribution >= 0.6 is 0 Å². The van der Waals surface area contributed by atoms with E-state index in [0.717, 1.165) is 62.1 Å². The molecule has 31 heavy (non-hydrogen) atoms. The first-order chi connectivity index (χ1) is 14.9. The van der Waals surface area contributed by atoms with E-state index in [0.29, 0.717) is 5.69 Å². The Morgan fingerprint density at radius 2 is 1.77 bits per heavy atom.